The second-order valence-corrected chi connectivity index (χ2v) is 4.69. The molecule has 1 atom stereocenters. The molecule has 1 aliphatic heterocycles. The number of piperazine rings is 1. The van der Waals surface area contributed by atoms with E-state index in [1.54, 1.807) is 0 Å². The largest absolute Gasteiger partial charge is 0.403 e. The summed E-state index contributed by atoms with van der Waals surface area (Å²) in [6, 6.07) is 0.0710. The lowest BCUT2D eigenvalue weighted by Gasteiger charge is -2.35. The molecular weight excluding hydrogens is 221 g/mol. The molecule has 1 amide bonds. The predicted molar refractivity (Wildman–Crippen MR) is 51.8 cm³/mol. The minimum Gasteiger partial charge on any atom is -0.339 e. The molecule has 0 aromatic rings. The fourth-order valence-electron chi connectivity index (χ4n) is 2.16. The number of amides is 1. The van der Waals surface area contributed by atoms with Crippen molar-refractivity contribution in [2.45, 2.75) is 32.0 Å². The molecule has 1 saturated heterocycles. The van der Waals surface area contributed by atoms with E-state index < -0.39 is 17.5 Å². The van der Waals surface area contributed by atoms with E-state index in [2.05, 4.69) is 5.32 Å². The Morgan fingerprint density at radius 2 is 2.06 bits per heavy atom. The lowest BCUT2D eigenvalue weighted by atomic mass is 10.0. The van der Waals surface area contributed by atoms with Crippen LogP contribution in [0.2, 0.25) is 0 Å². The lowest BCUT2D eigenvalue weighted by molar-refractivity contribution is -0.199. The van der Waals surface area contributed by atoms with Crippen LogP contribution in [0.25, 0.3) is 0 Å². The van der Waals surface area contributed by atoms with E-state index in [1.165, 1.54) is 4.90 Å². The maximum absolute atomic E-state index is 12.7. The highest BCUT2D eigenvalue weighted by Gasteiger charge is 2.69. The van der Waals surface area contributed by atoms with E-state index in [4.69, 9.17) is 0 Å². The zero-order valence-corrected chi connectivity index (χ0v) is 9.10. The topological polar surface area (TPSA) is 32.3 Å². The number of rotatable bonds is 1. The van der Waals surface area contributed by atoms with Gasteiger partial charge in [-0.2, -0.15) is 13.2 Å². The number of alkyl halides is 3. The van der Waals surface area contributed by atoms with Crippen molar-refractivity contribution in [1.82, 2.24) is 10.2 Å². The van der Waals surface area contributed by atoms with Crippen molar-refractivity contribution >= 4 is 5.91 Å². The highest BCUT2D eigenvalue weighted by molar-refractivity contribution is 5.86. The van der Waals surface area contributed by atoms with Crippen molar-refractivity contribution in [3.05, 3.63) is 0 Å². The molecule has 0 radical (unpaired) electrons. The minimum absolute atomic E-state index is 0.0480. The van der Waals surface area contributed by atoms with Gasteiger partial charge in [0.15, 0.2) is 0 Å². The van der Waals surface area contributed by atoms with Gasteiger partial charge in [-0.1, -0.05) is 0 Å². The number of carbonyl (C=O) groups is 1. The van der Waals surface area contributed by atoms with E-state index in [1.807, 2.05) is 6.92 Å². The Morgan fingerprint density at radius 3 is 2.50 bits per heavy atom. The van der Waals surface area contributed by atoms with E-state index in [9.17, 15) is 18.0 Å². The molecule has 2 fully saturated rings. The number of nitrogens with zero attached hydrogens (tertiary/aromatic N) is 1. The molecule has 0 spiro atoms. The monoisotopic (exact) mass is 236 g/mol. The molecule has 2 aliphatic rings. The van der Waals surface area contributed by atoms with Crippen LogP contribution in [0.15, 0.2) is 0 Å². The maximum atomic E-state index is 12.7. The van der Waals surface area contributed by atoms with E-state index in [0.29, 0.717) is 19.6 Å². The highest BCUT2D eigenvalue weighted by atomic mass is 19.4. The van der Waals surface area contributed by atoms with Gasteiger partial charge in [-0.3, -0.25) is 4.79 Å². The predicted octanol–water partition coefficient (Wildman–Crippen LogP) is 1.15. The normalized spacial score (nSPS) is 29.0. The lowest BCUT2D eigenvalue weighted by Crippen LogP contribution is -2.55. The third-order valence-electron chi connectivity index (χ3n) is 3.36. The van der Waals surface area contributed by atoms with Gasteiger partial charge >= 0.3 is 6.18 Å². The number of nitrogens with one attached hydrogen (secondary N) is 1. The van der Waals surface area contributed by atoms with Crippen LogP contribution < -0.4 is 5.32 Å². The van der Waals surface area contributed by atoms with Crippen molar-refractivity contribution in [3.63, 3.8) is 0 Å². The summed E-state index contributed by atoms with van der Waals surface area (Å²) in [4.78, 5) is 13.2. The maximum Gasteiger partial charge on any atom is 0.403 e. The molecule has 16 heavy (non-hydrogen) atoms. The molecule has 6 heteroatoms. The van der Waals surface area contributed by atoms with Crippen molar-refractivity contribution < 1.29 is 18.0 Å². The molecule has 2 rings (SSSR count). The molecule has 1 N–H and O–H groups in total. The zero-order valence-electron chi connectivity index (χ0n) is 9.10. The Hall–Kier alpha value is -0.780. The summed E-state index contributed by atoms with van der Waals surface area (Å²) in [5.74, 6) is -0.728. The Bertz CT molecular complexity index is 299. The Balaban J connectivity index is 2.08. The van der Waals surface area contributed by atoms with Crippen LogP contribution in [-0.4, -0.2) is 42.7 Å². The number of halogens is 3. The van der Waals surface area contributed by atoms with Crippen LogP contribution in [0.4, 0.5) is 13.2 Å². The van der Waals surface area contributed by atoms with Crippen molar-refractivity contribution in [3.8, 4) is 0 Å². The molecular formula is C10H15F3N2O. The van der Waals surface area contributed by atoms with Gasteiger partial charge in [0.2, 0.25) is 5.91 Å². The Kier molecular flexibility index (Phi) is 2.64. The third kappa shape index (κ3) is 1.79. The van der Waals surface area contributed by atoms with Gasteiger partial charge in [0.05, 0.1) is 0 Å². The quantitative estimate of drug-likeness (QED) is 0.740. The molecule has 1 aliphatic carbocycles. The third-order valence-corrected chi connectivity index (χ3v) is 3.36. The van der Waals surface area contributed by atoms with E-state index in [0.717, 1.165) is 0 Å². The molecule has 0 aromatic heterocycles. The SMILES string of the molecule is C[C@H]1CN(C(=O)C2(C(F)(F)F)CC2)CCN1. The minimum atomic E-state index is -4.39. The summed E-state index contributed by atoms with van der Waals surface area (Å²) in [6.45, 7) is 3.19. The summed E-state index contributed by atoms with van der Waals surface area (Å²) in [6.07, 6.45) is -4.49. The van der Waals surface area contributed by atoms with Crippen LogP contribution in [0, 0.1) is 5.41 Å². The second-order valence-electron chi connectivity index (χ2n) is 4.69. The molecule has 0 bridgehead atoms. The van der Waals surface area contributed by atoms with Crippen LogP contribution in [-0.2, 0) is 4.79 Å². The van der Waals surface area contributed by atoms with Crippen LogP contribution >= 0.6 is 0 Å². The molecule has 3 nitrogen and oxygen atoms in total. The smallest absolute Gasteiger partial charge is 0.339 e. The summed E-state index contributed by atoms with van der Waals surface area (Å²) in [5, 5.41) is 3.10. The standard InChI is InChI=1S/C10H15F3N2O/c1-7-6-15(5-4-14-7)8(16)9(2-3-9)10(11,12)13/h7,14H,2-6H2,1H3/t7-/m0/s1. The summed E-state index contributed by atoms with van der Waals surface area (Å²) in [5.41, 5.74) is -2.05. The molecule has 0 aromatic carbocycles. The van der Waals surface area contributed by atoms with Crippen molar-refractivity contribution in [2.24, 2.45) is 5.41 Å². The number of carbonyl (C=O) groups excluding carboxylic acids is 1. The number of hydrogen-bond acceptors (Lipinski definition) is 2. The van der Waals surface area contributed by atoms with Gasteiger partial charge < -0.3 is 10.2 Å². The first-order valence-corrected chi connectivity index (χ1v) is 5.46. The van der Waals surface area contributed by atoms with Gasteiger partial charge in [-0.05, 0) is 19.8 Å². The van der Waals surface area contributed by atoms with Gasteiger partial charge in [0.1, 0.15) is 5.41 Å². The average molecular weight is 236 g/mol. The summed E-state index contributed by atoms with van der Waals surface area (Å²) < 4.78 is 38.2. The Labute approximate surface area is 92.0 Å². The fourth-order valence-corrected chi connectivity index (χ4v) is 2.16. The van der Waals surface area contributed by atoms with E-state index >= 15 is 0 Å². The highest BCUT2D eigenvalue weighted by Crippen LogP contribution is 2.58. The van der Waals surface area contributed by atoms with Crippen molar-refractivity contribution in [1.29, 1.82) is 0 Å². The zero-order chi connectivity index (χ0) is 12.0. The first-order valence-electron chi connectivity index (χ1n) is 5.46. The van der Waals surface area contributed by atoms with Crippen LogP contribution in [0.1, 0.15) is 19.8 Å². The second kappa shape index (κ2) is 3.61. The molecule has 1 saturated carbocycles. The van der Waals surface area contributed by atoms with Gasteiger partial charge in [-0.25, -0.2) is 0 Å². The summed E-state index contributed by atoms with van der Waals surface area (Å²) >= 11 is 0. The van der Waals surface area contributed by atoms with Crippen LogP contribution in [0.5, 0.6) is 0 Å². The van der Waals surface area contributed by atoms with E-state index in [-0.39, 0.29) is 18.9 Å². The molecule has 1 heterocycles. The van der Waals surface area contributed by atoms with Crippen molar-refractivity contribution in [2.75, 3.05) is 19.6 Å². The first-order chi connectivity index (χ1) is 7.37. The Morgan fingerprint density at radius 1 is 1.44 bits per heavy atom. The molecule has 92 valence electrons. The summed E-state index contributed by atoms with van der Waals surface area (Å²) in [7, 11) is 0. The van der Waals surface area contributed by atoms with Gasteiger partial charge in [0, 0.05) is 25.7 Å². The fraction of sp³-hybridized carbons (Fsp3) is 0.900. The van der Waals surface area contributed by atoms with Gasteiger partial charge in [0.25, 0.3) is 0 Å². The average Bonchev–Trinajstić information content (AvgIpc) is 2.96. The molecule has 0 unspecified atom stereocenters. The van der Waals surface area contributed by atoms with Crippen LogP contribution in [0.3, 0.4) is 0 Å². The van der Waals surface area contributed by atoms with Gasteiger partial charge in [-0.15, -0.1) is 0 Å². The number of hydrogen-bond donors (Lipinski definition) is 1. The first kappa shape index (κ1) is 11.7.